The fourth-order valence-electron chi connectivity index (χ4n) is 2.29. The minimum absolute atomic E-state index is 0.0310. The van der Waals surface area contributed by atoms with Gasteiger partial charge in [0.05, 0.1) is 22.7 Å². The topological polar surface area (TPSA) is 46.4 Å². The van der Waals surface area contributed by atoms with Crippen LogP contribution in [0.5, 0.6) is 0 Å². The van der Waals surface area contributed by atoms with Crippen molar-refractivity contribution < 1.29 is 22.4 Å². The SMILES string of the molecule is O=C(Cc1cn2cc(F)ccc2n1)Nc1ccc(Cl)c(C(F)(F)F)c1. The Morgan fingerprint density at radius 2 is 1.96 bits per heavy atom. The van der Waals surface area contributed by atoms with Crippen LogP contribution in [0.15, 0.2) is 42.7 Å². The summed E-state index contributed by atoms with van der Waals surface area (Å²) in [5.74, 6) is -1.01. The molecule has 1 aromatic carbocycles. The van der Waals surface area contributed by atoms with Crippen LogP contribution in [0.1, 0.15) is 11.3 Å². The number of imidazole rings is 1. The van der Waals surface area contributed by atoms with E-state index in [4.69, 9.17) is 11.6 Å². The number of hydrogen-bond donors (Lipinski definition) is 1. The molecule has 9 heteroatoms. The Morgan fingerprint density at radius 3 is 2.68 bits per heavy atom. The molecule has 2 heterocycles. The molecule has 0 unspecified atom stereocenters. The van der Waals surface area contributed by atoms with E-state index in [-0.39, 0.29) is 12.1 Å². The number of alkyl halides is 3. The Balaban J connectivity index is 1.75. The van der Waals surface area contributed by atoms with Crippen LogP contribution in [0.3, 0.4) is 0 Å². The van der Waals surface area contributed by atoms with Crippen molar-refractivity contribution in [2.75, 3.05) is 5.32 Å². The first kappa shape index (κ1) is 17.2. The lowest BCUT2D eigenvalue weighted by Gasteiger charge is -2.11. The summed E-state index contributed by atoms with van der Waals surface area (Å²) in [5.41, 5.74) is -0.255. The lowest BCUT2D eigenvalue weighted by Crippen LogP contribution is -2.15. The Labute approximate surface area is 144 Å². The number of halogens is 5. The van der Waals surface area contributed by atoms with E-state index >= 15 is 0 Å². The number of hydrogen-bond acceptors (Lipinski definition) is 2. The molecule has 0 aliphatic heterocycles. The first-order chi connectivity index (χ1) is 11.7. The maximum Gasteiger partial charge on any atom is 0.417 e. The Hall–Kier alpha value is -2.61. The molecule has 25 heavy (non-hydrogen) atoms. The van der Waals surface area contributed by atoms with Gasteiger partial charge in [-0.15, -0.1) is 0 Å². The molecule has 1 N–H and O–H groups in total. The lowest BCUT2D eigenvalue weighted by atomic mass is 10.2. The summed E-state index contributed by atoms with van der Waals surface area (Å²) in [7, 11) is 0. The van der Waals surface area contributed by atoms with E-state index in [1.807, 2.05) is 0 Å². The number of carbonyl (C=O) groups is 1. The Kier molecular flexibility index (Phi) is 4.38. The highest BCUT2D eigenvalue weighted by Crippen LogP contribution is 2.36. The van der Waals surface area contributed by atoms with Crippen molar-refractivity contribution in [3.63, 3.8) is 0 Å². The van der Waals surface area contributed by atoms with Gasteiger partial charge in [-0.3, -0.25) is 4.79 Å². The minimum Gasteiger partial charge on any atom is -0.326 e. The van der Waals surface area contributed by atoms with Crippen molar-refractivity contribution in [3.05, 3.63) is 64.8 Å². The van der Waals surface area contributed by atoms with Crippen LogP contribution in [0.2, 0.25) is 5.02 Å². The van der Waals surface area contributed by atoms with E-state index in [9.17, 15) is 22.4 Å². The van der Waals surface area contributed by atoms with Crippen LogP contribution in [0, 0.1) is 5.82 Å². The Morgan fingerprint density at radius 1 is 1.20 bits per heavy atom. The number of aromatic nitrogens is 2. The second-order valence-corrected chi connectivity index (χ2v) is 5.67. The van der Waals surface area contributed by atoms with Gasteiger partial charge in [-0.2, -0.15) is 13.2 Å². The number of pyridine rings is 1. The molecule has 3 rings (SSSR count). The number of rotatable bonds is 3. The van der Waals surface area contributed by atoms with Crippen LogP contribution >= 0.6 is 11.6 Å². The molecule has 0 atom stereocenters. The van der Waals surface area contributed by atoms with Gasteiger partial charge in [0.25, 0.3) is 0 Å². The summed E-state index contributed by atoms with van der Waals surface area (Å²) in [6.07, 6.45) is -2.11. The lowest BCUT2D eigenvalue weighted by molar-refractivity contribution is -0.137. The molecule has 0 bridgehead atoms. The van der Waals surface area contributed by atoms with Crippen LogP contribution < -0.4 is 5.32 Å². The molecule has 0 radical (unpaired) electrons. The highest BCUT2D eigenvalue weighted by Gasteiger charge is 2.33. The number of nitrogens with one attached hydrogen (secondary N) is 1. The molecule has 4 nitrogen and oxygen atoms in total. The van der Waals surface area contributed by atoms with Crippen LogP contribution in [0.4, 0.5) is 23.2 Å². The largest absolute Gasteiger partial charge is 0.417 e. The van der Waals surface area contributed by atoms with Crippen LogP contribution in [-0.2, 0) is 17.4 Å². The van der Waals surface area contributed by atoms with Crippen LogP contribution in [-0.4, -0.2) is 15.3 Å². The average Bonchev–Trinajstić information content (AvgIpc) is 2.89. The minimum atomic E-state index is -4.62. The molecule has 0 saturated carbocycles. The molecule has 2 aromatic heterocycles. The van der Waals surface area contributed by atoms with Gasteiger partial charge in [0, 0.05) is 18.1 Å². The van der Waals surface area contributed by atoms with Gasteiger partial charge < -0.3 is 9.72 Å². The van der Waals surface area contributed by atoms with E-state index in [1.54, 1.807) is 0 Å². The molecule has 0 aliphatic rings. The zero-order valence-corrected chi connectivity index (χ0v) is 13.2. The van der Waals surface area contributed by atoms with E-state index < -0.39 is 28.5 Å². The third-order valence-corrected chi connectivity index (χ3v) is 3.69. The summed E-state index contributed by atoms with van der Waals surface area (Å²) < 4.78 is 53.0. The number of benzene rings is 1. The molecule has 130 valence electrons. The van der Waals surface area contributed by atoms with Gasteiger partial charge in [-0.05, 0) is 30.3 Å². The second-order valence-electron chi connectivity index (χ2n) is 5.26. The van der Waals surface area contributed by atoms with Gasteiger partial charge >= 0.3 is 6.18 Å². The highest BCUT2D eigenvalue weighted by atomic mass is 35.5. The van der Waals surface area contributed by atoms with Gasteiger partial charge in [0.15, 0.2) is 0 Å². The summed E-state index contributed by atoms with van der Waals surface area (Å²) in [4.78, 5) is 16.2. The van der Waals surface area contributed by atoms with E-state index in [0.717, 1.165) is 12.1 Å². The zero-order valence-electron chi connectivity index (χ0n) is 12.4. The Bertz CT molecular complexity index is 952. The van der Waals surface area contributed by atoms with Crippen molar-refractivity contribution in [3.8, 4) is 0 Å². The molecule has 0 aliphatic carbocycles. The maximum atomic E-state index is 13.1. The number of amides is 1. The molecule has 0 spiro atoms. The van der Waals surface area contributed by atoms with Crippen molar-refractivity contribution >= 4 is 28.8 Å². The standard InChI is InChI=1S/C16H10ClF4N3O/c17-13-3-2-10(5-12(13)16(19,20)21)23-15(25)6-11-8-24-7-9(18)1-4-14(24)22-11/h1-5,7-8H,6H2,(H,23,25). The van der Waals surface area contributed by atoms with E-state index in [0.29, 0.717) is 11.3 Å². The fourth-order valence-corrected chi connectivity index (χ4v) is 2.52. The molecular weight excluding hydrogens is 362 g/mol. The van der Waals surface area contributed by atoms with Crippen molar-refractivity contribution in [2.45, 2.75) is 12.6 Å². The fraction of sp³-hybridized carbons (Fsp3) is 0.125. The monoisotopic (exact) mass is 371 g/mol. The summed E-state index contributed by atoms with van der Waals surface area (Å²) >= 11 is 5.53. The van der Waals surface area contributed by atoms with Gasteiger partial charge in [0.1, 0.15) is 11.5 Å². The van der Waals surface area contributed by atoms with Gasteiger partial charge in [-0.25, -0.2) is 9.37 Å². The molecule has 0 fully saturated rings. The summed E-state index contributed by atoms with van der Waals surface area (Å²) in [6, 6.07) is 5.78. The molecule has 0 saturated heterocycles. The normalized spacial score (nSPS) is 11.7. The zero-order chi connectivity index (χ0) is 18.2. The number of carbonyl (C=O) groups excluding carboxylic acids is 1. The predicted molar refractivity (Wildman–Crippen MR) is 83.9 cm³/mol. The van der Waals surface area contributed by atoms with Gasteiger partial charge in [-0.1, -0.05) is 11.6 Å². The summed E-state index contributed by atoms with van der Waals surface area (Å²) in [6.45, 7) is 0. The van der Waals surface area contributed by atoms with Crippen molar-refractivity contribution in [1.29, 1.82) is 0 Å². The smallest absolute Gasteiger partial charge is 0.326 e. The third kappa shape index (κ3) is 3.90. The maximum absolute atomic E-state index is 13.1. The van der Waals surface area contributed by atoms with Crippen LogP contribution in [0.25, 0.3) is 5.65 Å². The van der Waals surface area contributed by atoms with Crippen molar-refractivity contribution in [1.82, 2.24) is 9.38 Å². The first-order valence-corrected chi connectivity index (χ1v) is 7.40. The van der Waals surface area contributed by atoms with Gasteiger partial charge in [0.2, 0.25) is 5.91 Å². The first-order valence-electron chi connectivity index (χ1n) is 7.02. The molecular formula is C16H10ClF4N3O. The van der Waals surface area contributed by atoms with Crippen molar-refractivity contribution in [2.24, 2.45) is 0 Å². The molecule has 3 aromatic rings. The highest BCUT2D eigenvalue weighted by molar-refractivity contribution is 6.31. The molecule has 1 amide bonds. The van der Waals surface area contributed by atoms with E-state index in [1.165, 1.54) is 35.0 Å². The predicted octanol–water partition coefficient (Wildman–Crippen LogP) is 4.33. The summed E-state index contributed by atoms with van der Waals surface area (Å²) in [5, 5.41) is 1.91. The number of fused-ring (bicyclic) bond motifs is 1. The quantitative estimate of drug-likeness (QED) is 0.697. The van der Waals surface area contributed by atoms with E-state index in [2.05, 4.69) is 10.3 Å². The number of nitrogens with zero attached hydrogens (tertiary/aromatic N) is 2. The second kappa shape index (κ2) is 6.36. The third-order valence-electron chi connectivity index (χ3n) is 3.36. The number of anilines is 1. The average molecular weight is 372 g/mol.